The molecule has 0 spiro atoms. The highest BCUT2D eigenvalue weighted by molar-refractivity contribution is 5.71. The molecule has 21 heavy (non-hydrogen) atoms. The van der Waals surface area contributed by atoms with Crippen molar-refractivity contribution in [2.24, 2.45) is 0 Å². The van der Waals surface area contributed by atoms with Gasteiger partial charge in [0.1, 0.15) is 6.10 Å². The second kappa shape index (κ2) is 9.94. The van der Waals surface area contributed by atoms with Gasteiger partial charge in [0.25, 0.3) is 0 Å². The van der Waals surface area contributed by atoms with Crippen molar-refractivity contribution in [3.05, 3.63) is 35.9 Å². The van der Waals surface area contributed by atoms with Gasteiger partial charge in [0.05, 0.1) is 6.42 Å². The largest absolute Gasteiger partial charge is 0.481 e. The lowest BCUT2D eigenvalue weighted by atomic mass is 10.1. The molecule has 5 nitrogen and oxygen atoms in total. The van der Waals surface area contributed by atoms with E-state index in [4.69, 9.17) is 14.6 Å². The number of aliphatic carboxylic acids is 1. The Morgan fingerprint density at radius 1 is 1.24 bits per heavy atom. The molecule has 0 aliphatic carbocycles. The van der Waals surface area contributed by atoms with Crippen LogP contribution in [0.5, 0.6) is 0 Å². The van der Waals surface area contributed by atoms with Crippen LogP contribution in [0.15, 0.2) is 30.3 Å². The Morgan fingerprint density at radius 2 is 1.95 bits per heavy atom. The summed E-state index contributed by atoms with van der Waals surface area (Å²) in [6.07, 6.45) is 1.27. The number of methoxy groups -OCH3 is 1. The van der Waals surface area contributed by atoms with Gasteiger partial charge in [0, 0.05) is 20.1 Å². The molecule has 0 fully saturated rings. The summed E-state index contributed by atoms with van der Waals surface area (Å²) in [5.74, 6) is -1.32. The number of rotatable bonds is 10. The van der Waals surface area contributed by atoms with Gasteiger partial charge in [-0.3, -0.25) is 9.59 Å². The molecular weight excluding hydrogens is 272 g/mol. The van der Waals surface area contributed by atoms with Crippen molar-refractivity contribution < 1.29 is 24.2 Å². The summed E-state index contributed by atoms with van der Waals surface area (Å²) >= 11 is 0. The molecule has 1 rings (SSSR count). The van der Waals surface area contributed by atoms with Crippen LogP contribution in [-0.4, -0.2) is 36.9 Å². The number of benzene rings is 1. The molecule has 0 bridgehead atoms. The van der Waals surface area contributed by atoms with Crippen LogP contribution in [0.4, 0.5) is 0 Å². The molecule has 1 aromatic carbocycles. The highest BCUT2D eigenvalue weighted by Gasteiger charge is 2.17. The molecular formula is C16H22O5. The standard InChI is InChI=1S/C16H22O5/c1-20-11-5-8-14(12-15(17)18)21-16(19)10-9-13-6-3-2-4-7-13/h2-4,6-7,14H,5,8-12H2,1H3,(H,17,18)/t14-/m1/s1. The fourth-order valence-electron chi connectivity index (χ4n) is 1.99. The Labute approximate surface area is 124 Å². The van der Waals surface area contributed by atoms with E-state index in [0.29, 0.717) is 25.9 Å². The molecule has 0 saturated heterocycles. The lowest BCUT2D eigenvalue weighted by molar-refractivity contribution is -0.153. The fourth-order valence-corrected chi connectivity index (χ4v) is 1.99. The van der Waals surface area contributed by atoms with Crippen LogP contribution in [0, 0.1) is 0 Å². The third-order valence-electron chi connectivity index (χ3n) is 3.04. The molecule has 0 aromatic heterocycles. The summed E-state index contributed by atoms with van der Waals surface area (Å²) in [5, 5.41) is 8.84. The van der Waals surface area contributed by atoms with Crippen LogP contribution in [0.3, 0.4) is 0 Å². The first-order chi connectivity index (χ1) is 10.1. The number of aryl methyl sites for hydroxylation is 1. The monoisotopic (exact) mass is 294 g/mol. The topological polar surface area (TPSA) is 72.8 Å². The van der Waals surface area contributed by atoms with Crippen LogP contribution >= 0.6 is 0 Å². The van der Waals surface area contributed by atoms with Crippen molar-refractivity contribution in [1.29, 1.82) is 0 Å². The molecule has 1 atom stereocenters. The minimum atomic E-state index is -0.965. The Hall–Kier alpha value is -1.88. The van der Waals surface area contributed by atoms with Crippen molar-refractivity contribution in [2.45, 2.75) is 38.2 Å². The van der Waals surface area contributed by atoms with E-state index in [-0.39, 0.29) is 18.8 Å². The summed E-state index contributed by atoms with van der Waals surface area (Å²) in [6.45, 7) is 0.525. The van der Waals surface area contributed by atoms with Crippen LogP contribution in [0.25, 0.3) is 0 Å². The lowest BCUT2D eigenvalue weighted by Gasteiger charge is -2.16. The van der Waals surface area contributed by atoms with Crippen molar-refractivity contribution in [3.8, 4) is 0 Å². The second-order valence-corrected chi connectivity index (χ2v) is 4.83. The van der Waals surface area contributed by atoms with Gasteiger partial charge < -0.3 is 14.6 Å². The summed E-state index contributed by atoms with van der Waals surface area (Å²) in [5.41, 5.74) is 1.06. The van der Waals surface area contributed by atoms with Crippen LogP contribution in [0.1, 0.15) is 31.2 Å². The fraction of sp³-hybridized carbons (Fsp3) is 0.500. The highest BCUT2D eigenvalue weighted by Crippen LogP contribution is 2.10. The third kappa shape index (κ3) is 8.09. The number of hydrogen-bond acceptors (Lipinski definition) is 4. The van der Waals surface area contributed by atoms with E-state index < -0.39 is 12.1 Å². The highest BCUT2D eigenvalue weighted by atomic mass is 16.5. The predicted octanol–water partition coefficient (Wildman–Crippen LogP) is 2.43. The Bertz CT molecular complexity index is 430. The van der Waals surface area contributed by atoms with Crippen molar-refractivity contribution in [1.82, 2.24) is 0 Å². The molecule has 5 heteroatoms. The molecule has 0 radical (unpaired) electrons. The molecule has 0 aliphatic heterocycles. The average Bonchev–Trinajstić information content (AvgIpc) is 2.46. The van der Waals surface area contributed by atoms with Crippen LogP contribution < -0.4 is 0 Å². The number of carboxylic acid groups (broad SMARTS) is 1. The molecule has 0 heterocycles. The molecule has 0 aliphatic rings. The maximum absolute atomic E-state index is 11.8. The van der Waals surface area contributed by atoms with E-state index in [0.717, 1.165) is 5.56 Å². The molecule has 1 aromatic rings. The van der Waals surface area contributed by atoms with Gasteiger partial charge in [0.2, 0.25) is 0 Å². The van der Waals surface area contributed by atoms with Gasteiger partial charge in [0.15, 0.2) is 0 Å². The minimum Gasteiger partial charge on any atom is -0.481 e. The number of carboxylic acids is 1. The lowest BCUT2D eigenvalue weighted by Crippen LogP contribution is -2.22. The zero-order valence-corrected chi connectivity index (χ0v) is 12.3. The van der Waals surface area contributed by atoms with E-state index in [1.807, 2.05) is 30.3 Å². The second-order valence-electron chi connectivity index (χ2n) is 4.83. The number of carbonyl (C=O) groups is 2. The van der Waals surface area contributed by atoms with E-state index >= 15 is 0 Å². The summed E-state index contributed by atoms with van der Waals surface area (Å²) in [6, 6.07) is 9.64. The Kier molecular flexibility index (Phi) is 8.12. The van der Waals surface area contributed by atoms with Gasteiger partial charge in [-0.2, -0.15) is 0 Å². The van der Waals surface area contributed by atoms with E-state index in [2.05, 4.69) is 0 Å². The zero-order valence-electron chi connectivity index (χ0n) is 12.3. The number of hydrogen-bond donors (Lipinski definition) is 1. The summed E-state index contributed by atoms with van der Waals surface area (Å²) in [7, 11) is 1.58. The maximum Gasteiger partial charge on any atom is 0.307 e. The Morgan fingerprint density at radius 3 is 2.57 bits per heavy atom. The maximum atomic E-state index is 11.8. The first-order valence-corrected chi connectivity index (χ1v) is 7.06. The molecule has 0 saturated carbocycles. The van der Waals surface area contributed by atoms with Gasteiger partial charge in [-0.15, -0.1) is 0 Å². The van der Waals surface area contributed by atoms with Crippen molar-refractivity contribution in [2.75, 3.05) is 13.7 Å². The number of ether oxygens (including phenoxy) is 2. The SMILES string of the molecule is COCCC[C@H](CC(=O)O)OC(=O)CCc1ccccc1. The van der Waals surface area contributed by atoms with E-state index in [1.165, 1.54) is 0 Å². The van der Waals surface area contributed by atoms with E-state index in [9.17, 15) is 9.59 Å². The van der Waals surface area contributed by atoms with Crippen LogP contribution in [0.2, 0.25) is 0 Å². The summed E-state index contributed by atoms with van der Waals surface area (Å²) < 4.78 is 10.2. The summed E-state index contributed by atoms with van der Waals surface area (Å²) in [4.78, 5) is 22.6. The zero-order chi connectivity index (χ0) is 15.5. The first kappa shape index (κ1) is 17.2. The van der Waals surface area contributed by atoms with Gasteiger partial charge in [-0.25, -0.2) is 0 Å². The minimum absolute atomic E-state index is 0.166. The number of carbonyl (C=O) groups excluding carboxylic acids is 1. The van der Waals surface area contributed by atoms with Gasteiger partial charge in [-0.1, -0.05) is 30.3 Å². The van der Waals surface area contributed by atoms with Gasteiger partial charge in [-0.05, 0) is 24.8 Å². The van der Waals surface area contributed by atoms with Crippen molar-refractivity contribution >= 4 is 11.9 Å². The third-order valence-corrected chi connectivity index (χ3v) is 3.04. The van der Waals surface area contributed by atoms with E-state index in [1.54, 1.807) is 7.11 Å². The average molecular weight is 294 g/mol. The molecule has 0 amide bonds. The van der Waals surface area contributed by atoms with Gasteiger partial charge >= 0.3 is 11.9 Å². The molecule has 116 valence electrons. The quantitative estimate of drug-likeness (QED) is 0.530. The smallest absolute Gasteiger partial charge is 0.307 e. The predicted molar refractivity (Wildman–Crippen MR) is 78.0 cm³/mol. The first-order valence-electron chi connectivity index (χ1n) is 7.06. The number of esters is 1. The van der Waals surface area contributed by atoms with Crippen molar-refractivity contribution in [3.63, 3.8) is 0 Å². The molecule has 1 N–H and O–H groups in total. The van der Waals surface area contributed by atoms with Crippen LogP contribution in [-0.2, 0) is 25.5 Å². The Balaban J connectivity index is 2.37. The molecule has 0 unspecified atom stereocenters. The normalized spacial score (nSPS) is 11.9.